The molecule has 0 saturated heterocycles. The average molecular weight is 337 g/mol. The summed E-state index contributed by atoms with van der Waals surface area (Å²) in [5, 5.41) is 3.24. The van der Waals surface area contributed by atoms with Crippen molar-refractivity contribution >= 4 is 45.2 Å². The lowest BCUT2D eigenvalue weighted by Crippen LogP contribution is -2.08. The van der Waals surface area contributed by atoms with Crippen LogP contribution in [0.1, 0.15) is 5.56 Å². The van der Waals surface area contributed by atoms with Gasteiger partial charge in [0, 0.05) is 10.5 Å². The molecule has 0 heterocycles. The maximum atomic E-state index is 11.8. The van der Waals surface area contributed by atoms with Gasteiger partial charge in [0.2, 0.25) is 5.91 Å². The number of benzene rings is 2. The highest BCUT2D eigenvalue weighted by molar-refractivity contribution is 9.10. The third kappa shape index (κ3) is 4.23. The van der Waals surface area contributed by atoms with Crippen LogP contribution in [0.15, 0.2) is 59.1 Å². The molecule has 0 fully saturated rings. The molecule has 19 heavy (non-hydrogen) atoms. The summed E-state index contributed by atoms with van der Waals surface area (Å²) in [4.78, 5) is 11.8. The number of nitrogens with one attached hydrogen (secondary N) is 1. The third-order valence-corrected chi connectivity index (χ3v) is 3.24. The van der Waals surface area contributed by atoms with Gasteiger partial charge in [-0.3, -0.25) is 4.79 Å². The van der Waals surface area contributed by atoms with Gasteiger partial charge in [0.05, 0.1) is 10.7 Å². The minimum absolute atomic E-state index is 0.219. The van der Waals surface area contributed by atoms with Crippen molar-refractivity contribution < 1.29 is 4.79 Å². The molecule has 2 nitrogen and oxygen atoms in total. The van der Waals surface area contributed by atoms with Crippen LogP contribution in [0.25, 0.3) is 6.08 Å². The van der Waals surface area contributed by atoms with E-state index >= 15 is 0 Å². The van der Waals surface area contributed by atoms with Gasteiger partial charge in [0.25, 0.3) is 0 Å². The Kier molecular flexibility index (Phi) is 4.77. The Balaban J connectivity index is 2.06. The molecule has 0 aliphatic rings. The maximum absolute atomic E-state index is 11.8. The third-order valence-electron chi connectivity index (χ3n) is 2.41. The summed E-state index contributed by atoms with van der Waals surface area (Å²) >= 11 is 9.33. The maximum Gasteiger partial charge on any atom is 0.248 e. The lowest BCUT2D eigenvalue weighted by Gasteiger charge is -2.05. The van der Waals surface area contributed by atoms with Gasteiger partial charge in [-0.2, -0.15) is 0 Å². The van der Waals surface area contributed by atoms with E-state index in [1.165, 1.54) is 6.08 Å². The van der Waals surface area contributed by atoms with E-state index in [9.17, 15) is 4.79 Å². The Bertz CT molecular complexity index is 611. The Labute approximate surface area is 125 Å². The summed E-state index contributed by atoms with van der Waals surface area (Å²) in [6, 6.07) is 14.9. The molecule has 0 atom stereocenters. The van der Waals surface area contributed by atoms with Crippen molar-refractivity contribution in [1.29, 1.82) is 0 Å². The Morgan fingerprint density at radius 3 is 2.63 bits per heavy atom. The number of carbonyl (C=O) groups excluding carboxylic acids is 1. The number of amides is 1. The predicted octanol–water partition coefficient (Wildman–Crippen LogP) is 4.75. The number of halogens is 2. The van der Waals surface area contributed by atoms with Gasteiger partial charge in [0.1, 0.15) is 0 Å². The van der Waals surface area contributed by atoms with Crippen LogP contribution in [0.4, 0.5) is 5.69 Å². The molecule has 0 radical (unpaired) electrons. The molecule has 0 aromatic heterocycles. The molecule has 0 saturated carbocycles. The van der Waals surface area contributed by atoms with Crippen LogP contribution >= 0.6 is 27.5 Å². The molecule has 96 valence electrons. The van der Waals surface area contributed by atoms with Gasteiger partial charge < -0.3 is 5.32 Å². The lowest BCUT2D eigenvalue weighted by atomic mass is 10.2. The summed E-state index contributed by atoms with van der Waals surface area (Å²) in [5.74, 6) is -0.219. The monoisotopic (exact) mass is 335 g/mol. The molecule has 2 aromatic carbocycles. The van der Waals surface area contributed by atoms with Gasteiger partial charge in [-0.15, -0.1) is 0 Å². The zero-order valence-electron chi connectivity index (χ0n) is 9.94. The van der Waals surface area contributed by atoms with Gasteiger partial charge in [0.15, 0.2) is 0 Å². The first-order chi connectivity index (χ1) is 9.15. The Morgan fingerprint density at radius 2 is 1.89 bits per heavy atom. The number of carbonyl (C=O) groups is 1. The van der Waals surface area contributed by atoms with E-state index < -0.39 is 0 Å². The van der Waals surface area contributed by atoms with Crippen molar-refractivity contribution in [1.82, 2.24) is 0 Å². The molecule has 0 unspecified atom stereocenters. The molecule has 1 N–H and O–H groups in total. The first-order valence-corrected chi connectivity index (χ1v) is 6.81. The van der Waals surface area contributed by atoms with E-state index in [1.54, 1.807) is 18.2 Å². The van der Waals surface area contributed by atoms with Gasteiger partial charge in [-0.05, 0) is 29.8 Å². The summed E-state index contributed by atoms with van der Waals surface area (Å²) in [6.45, 7) is 0. The summed E-state index contributed by atoms with van der Waals surface area (Å²) < 4.78 is 0.860. The van der Waals surface area contributed by atoms with Gasteiger partial charge >= 0.3 is 0 Å². The van der Waals surface area contributed by atoms with E-state index in [2.05, 4.69) is 21.2 Å². The van der Waals surface area contributed by atoms with E-state index in [0.717, 1.165) is 10.0 Å². The van der Waals surface area contributed by atoms with Gasteiger partial charge in [-0.25, -0.2) is 0 Å². The highest BCUT2D eigenvalue weighted by atomic mass is 79.9. The first-order valence-electron chi connectivity index (χ1n) is 5.64. The van der Waals surface area contributed by atoms with Crippen molar-refractivity contribution in [3.63, 3.8) is 0 Å². The molecule has 2 aromatic rings. The second-order valence-corrected chi connectivity index (χ2v) is 5.18. The standard InChI is InChI=1S/C15H11BrClNO/c16-12-7-8-13(17)14(10-12)18-15(19)9-6-11-4-2-1-3-5-11/h1-10H,(H,18,19)/b9-6+. The Hall–Kier alpha value is -1.58. The number of anilines is 1. The molecule has 0 bridgehead atoms. The first kappa shape index (κ1) is 13.8. The van der Waals surface area contributed by atoms with Crippen molar-refractivity contribution in [3.8, 4) is 0 Å². The molecular formula is C15H11BrClNO. The quantitative estimate of drug-likeness (QED) is 0.805. The highest BCUT2D eigenvalue weighted by Gasteiger charge is 2.03. The summed E-state index contributed by atoms with van der Waals surface area (Å²) in [7, 11) is 0. The second kappa shape index (κ2) is 6.55. The minimum atomic E-state index is -0.219. The van der Waals surface area contributed by atoms with E-state index in [0.29, 0.717) is 10.7 Å². The zero-order valence-corrected chi connectivity index (χ0v) is 12.3. The number of hydrogen-bond donors (Lipinski definition) is 1. The normalized spacial score (nSPS) is 10.6. The van der Waals surface area contributed by atoms with Crippen molar-refractivity contribution in [2.45, 2.75) is 0 Å². The van der Waals surface area contributed by atoms with Crippen LogP contribution in [0.5, 0.6) is 0 Å². The fraction of sp³-hybridized carbons (Fsp3) is 0. The number of rotatable bonds is 3. The molecule has 0 spiro atoms. The largest absolute Gasteiger partial charge is 0.321 e. The minimum Gasteiger partial charge on any atom is -0.321 e. The molecule has 0 aliphatic heterocycles. The Morgan fingerprint density at radius 1 is 1.16 bits per heavy atom. The molecular weight excluding hydrogens is 326 g/mol. The fourth-order valence-corrected chi connectivity index (χ4v) is 2.03. The van der Waals surface area contributed by atoms with E-state index in [-0.39, 0.29) is 5.91 Å². The fourth-order valence-electron chi connectivity index (χ4n) is 1.50. The second-order valence-electron chi connectivity index (χ2n) is 3.86. The van der Waals surface area contributed by atoms with Crippen LogP contribution in [0, 0.1) is 0 Å². The van der Waals surface area contributed by atoms with Crippen molar-refractivity contribution in [3.05, 3.63) is 69.7 Å². The molecule has 1 amide bonds. The summed E-state index contributed by atoms with van der Waals surface area (Å²) in [6.07, 6.45) is 3.23. The van der Waals surface area contributed by atoms with Crippen molar-refractivity contribution in [2.24, 2.45) is 0 Å². The topological polar surface area (TPSA) is 29.1 Å². The lowest BCUT2D eigenvalue weighted by molar-refractivity contribution is -0.111. The predicted molar refractivity (Wildman–Crippen MR) is 83.3 cm³/mol. The average Bonchev–Trinajstić information content (AvgIpc) is 2.42. The van der Waals surface area contributed by atoms with E-state index in [1.807, 2.05) is 36.4 Å². The zero-order chi connectivity index (χ0) is 13.7. The van der Waals surface area contributed by atoms with Crippen LogP contribution in [-0.2, 0) is 4.79 Å². The van der Waals surface area contributed by atoms with E-state index in [4.69, 9.17) is 11.6 Å². The molecule has 0 aliphatic carbocycles. The highest BCUT2D eigenvalue weighted by Crippen LogP contribution is 2.25. The van der Waals surface area contributed by atoms with Crippen LogP contribution in [0.2, 0.25) is 5.02 Å². The van der Waals surface area contributed by atoms with Crippen LogP contribution in [0.3, 0.4) is 0 Å². The summed E-state index contributed by atoms with van der Waals surface area (Å²) in [5.41, 5.74) is 1.55. The SMILES string of the molecule is O=C(/C=C/c1ccccc1)Nc1cc(Br)ccc1Cl. The van der Waals surface area contributed by atoms with Gasteiger partial charge in [-0.1, -0.05) is 57.9 Å². The van der Waals surface area contributed by atoms with Crippen LogP contribution in [-0.4, -0.2) is 5.91 Å². The molecule has 2 rings (SSSR count). The smallest absolute Gasteiger partial charge is 0.248 e. The number of hydrogen-bond acceptors (Lipinski definition) is 1. The molecule has 4 heteroatoms. The van der Waals surface area contributed by atoms with Crippen LogP contribution < -0.4 is 5.32 Å². The van der Waals surface area contributed by atoms with Crippen molar-refractivity contribution in [2.75, 3.05) is 5.32 Å².